The molecule has 0 atom stereocenters. The van der Waals surface area contributed by atoms with Gasteiger partial charge in [-0.3, -0.25) is 4.79 Å². The highest BCUT2D eigenvalue weighted by Gasteiger charge is 2.01. The van der Waals surface area contributed by atoms with E-state index in [1.54, 1.807) is 0 Å². The molecule has 1 aromatic carbocycles. The Morgan fingerprint density at radius 3 is 2.56 bits per heavy atom. The Morgan fingerprint density at radius 1 is 1.17 bits per heavy atom. The SMILES string of the molecule is CC(C)NCCNC(=O)CCCc1ccccc1. The van der Waals surface area contributed by atoms with Crippen LogP contribution < -0.4 is 10.6 Å². The lowest BCUT2D eigenvalue weighted by Crippen LogP contribution is -2.34. The first-order chi connectivity index (χ1) is 8.68. The fourth-order valence-corrected chi connectivity index (χ4v) is 1.75. The van der Waals surface area contributed by atoms with Crippen LogP contribution in [0.5, 0.6) is 0 Å². The second-order valence-electron chi connectivity index (χ2n) is 4.80. The highest BCUT2D eigenvalue weighted by molar-refractivity contribution is 5.75. The van der Waals surface area contributed by atoms with Gasteiger partial charge in [-0.15, -0.1) is 0 Å². The first kappa shape index (κ1) is 14.7. The van der Waals surface area contributed by atoms with E-state index in [-0.39, 0.29) is 5.91 Å². The molecular formula is C15H24N2O. The maximum absolute atomic E-state index is 11.5. The van der Waals surface area contributed by atoms with Crippen LogP contribution in [0.3, 0.4) is 0 Å². The number of rotatable bonds is 8. The van der Waals surface area contributed by atoms with Crippen molar-refractivity contribution in [2.24, 2.45) is 0 Å². The highest BCUT2D eigenvalue weighted by Crippen LogP contribution is 2.04. The molecule has 3 nitrogen and oxygen atoms in total. The molecule has 100 valence electrons. The summed E-state index contributed by atoms with van der Waals surface area (Å²) in [6.07, 6.45) is 2.49. The molecule has 3 heteroatoms. The molecule has 0 bridgehead atoms. The molecule has 0 heterocycles. The minimum absolute atomic E-state index is 0.150. The van der Waals surface area contributed by atoms with Crippen molar-refractivity contribution in [3.8, 4) is 0 Å². The van der Waals surface area contributed by atoms with Gasteiger partial charge >= 0.3 is 0 Å². The molecule has 1 aromatic rings. The molecule has 0 spiro atoms. The van der Waals surface area contributed by atoms with Crippen molar-refractivity contribution in [2.45, 2.75) is 39.2 Å². The Labute approximate surface area is 110 Å². The van der Waals surface area contributed by atoms with Gasteiger partial charge in [-0.05, 0) is 18.4 Å². The molecule has 0 aliphatic rings. The average molecular weight is 248 g/mol. The Kier molecular flexibility index (Phi) is 7.11. The third-order valence-corrected chi connectivity index (χ3v) is 2.71. The number of aryl methyl sites for hydroxylation is 1. The number of carbonyl (C=O) groups excluding carboxylic acids is 1. The van der Waals surface area contributed by atoms with E-state index >= 15 is 0 Å². The zero-order valence-corrected chi connectivity index (χ0v) is 11.4. The fraction of sp³-hybridized carbons (Fsp3) is 0.533. The van der Waals surface area contributed by atoms with E-state index in [0.29, 0.717) is 19.0 Å². The van der Waals surface area contributed by atoms with Gasteiger partial charge in [-0.2, -0.15) is 0 Å². The van der Waals surface area contributed by atoms with Crippen LogP contribution in [0.25, 0.3) is 0 Å². The lowest BCUT2D eigenvalue weighted by molar-refractivity contribution is -0.121. The quantitative estimate of drug-likeness (QED) is 0.692. The molecule has 0 aliphatic carbocycles. The first-order valence-corrected chi connectivity index (χ1v) is 6.72. The van der Waals surface area contributed by atoms with Crippen LogP contribution in [0.1, 0.15) is 32.3 Å². The summed E-state index contributed by atoms with van der Waals surface area (Å²) in [7, 11) is 0. The second kappa shape index (κ2) is 8.70. The van der Waals surface area contributed by atoms with Crippen LogP contribution in [0.15, 0.2) is 30.3 Å². The van der Waals surface area contributed by atoms with Crippen molar-refractivity contribution in [2.75, 3.05) is 13.1 Å². The molecule has 0 unspecified atom stereocenters. The minimum atomic E-state index is 0.150. The Morgan fingerprint density at radius 2 is 1.89 bits per heavy atom. The Hall–Kier alpha value is -1.35. The number of carbonyl (C=O) groups is 1. The van der Waals surface area contributed by atoms with Crippen LogP contribution in [0, 0.1) is 0 Å². The summed E-state index contributed by atoms with van der Waals surface area (Å²) in [5.74, 6) is 0.150. The summed E-state index contributed by atoms with van der Waals surface area (Å²) in [5, 5.41) is 6.19. The summed E-state index contributed by atoms with van der Waals surface area (Å²) in [6, 6.07) is 10.8. The van der Waals surface area contributed by atoms with Gasteiger partial charge in [0.2, 0.25) is 5.91 Å². The van der Waals surface area contributed by atoms with Crippen molar-refractivity contribution in [1.29, 1.82) is 0 Å². The molecule has 0 radical (unpaired) electrons. The van der Waals surface area contributed by atoms with E-state index in [0.717, 1.165) is 19.4 Å². The molecule has 0 aliphatic heterocycles. The summed E-state index contributed by atoms with van der Waals surface area (Å²) < 4.78 is 0. The Balaban J connectivity index is 2.03. The number of amides is 1. The van der Waals surface area contributed by atoms with E-state index < -0.39 is 0 Å². The van der Waals surface area contributed by atoms with Crippen molar-refractivity contribution in [1.82, 2.24) is 10.6 Å². The van der Waals surface area contributed by atoms with E-state index in [9.17, 15) is 4.79 Å². The number of hydrogen-bond donors (Lipinski definition) is 2. The zero-order chi connectivity index (χ0) is 13.2. The third-order valence-electron chi connectivity index (χ3n) is 2.71. The van der Waals surface area contributed by atoms with Gasteiger partial charge in [0.1, 0.15) is 0 Å². The van der Waals surface area contributed by atoms with Gasteiger partial charge in [0, 0.05) is 25.6 Å². The van der Waals surface area contributed by atoms with Crippen molar-refractivity contribution in [3.63, 3.8) is 0 Å². The van der Waals surface area contributed by atoms with Gasteiger partial charge in [0.15, 0.2) is 0 Å². The normalized spacial score (nSPS) is 10.6. The molecule has 0 saturated heterocycles. The molecule has 1 amide bonds. The fourth-order valence-electron chi connectivity index (χ4n) is 1.75. The molecule has 0 fully saturated rings. The number of hydrogen-bond acceptors (Lipinski definition) is 2. The van der Waals surface area contributed by atoms with Gasteiger partial charge in [-0.25, -0.2) is 0 Å². The van der Waals surface area contributed by atoms with Crippen molar-refractivity contribution < 1.29 is 4.79 Å². The van der Waals surface area contributed by atoms with Gasteiger partial charge in [-0.1, -0.05) is 44.2 Å². The standard InChI is InChI=1S/C15H24N2O/c1-13(2)16-11-12-17-15(18)10-6-9-14-7-4-3-5-8-14/h3-5,7-8,13,16H,6,9-12H2,1-2H3,(H,17,18). The number of benzene rings is 1. The van der Waals surface area contributed by atoms with Gasteiger partial charge in [0.25, 0.3) is 0 Å². The molecular weight excluding hydrogens is 224 g/mol. The predicted octanol–water partition coefficient (Wildman–Crippen LogP) is 2.12. The summed E-state index contributed by atoms with van der Waals surface area (Å²) in [4.78, 5) is 11.5. The highest BCUT2D eigenvalue weighted by atomic mass is 16.1. The maximum atomic E-state index is 11.5. The van der Waals surface area contributed by atoms with E-state index in [2.05, 4.69) is 36.6 Å². The minimum Gasteiger partial charge on any atom is -0.355 e. The lowest BCUT2D eigenvalue weighted by atomic mass is 10.1. The van der Waals surface area contributed by atoms with E-state index in [4.69, 9.17) is 0 Å². The van der Waals surface area contributed by atoms with Crippen molar-refractivity contribution >= 4 is 5.91 Å². The summed E-state index contributed by atoms with van der Waals surface area (Å²) in [5.41, 5.74) is 1.30. The van der Waals surface area contributed by atoms with Crippen LogP contribution in [-0.4, -0.2) is 25.0 Å². The van der Waals surface area contributed by atoms with Crippen LogP contribution in [-0.2, 0) is 11.2 Å². The monoisotopic (exact) mass is 248 g/mol. The zero-order valence-electron chi connectivity index (χ0n) is 11.4. The van der Waals surface area contributed by atoms with E-state index in [1.165, 1.54) is 5.56 Å². The second-order valence-corrected chi connectivity index (χ2v) is 4.80. The topological polar surface area (TPSA) is 41.1 Å². The molecule has 0 aromatic heterocycles. The average Bonchev–Trinajstić information content (AvgIpc) is 2.36. The van der Waals surface area contributed by atoms with Gasteiger partial charge < -0.3 is 10.6 Å². The molecule has 1 rings (SSSR count). The van der Waals surface area contributed by atoms with Crippen molar-refractivity contribution in [3.05, 3.63) is 35.9 Å². The van der Waals surface area contributed by atoms with Gasteiger partial charge in [0.05, 0.1) is 0 Å². The molecule has 0 saturated carbocycles. The smallest absolute Gasteiger partial charge is 0.220 e. The number of nitrogens with one attached hydrogen (secondary N) is 2. The Bertz CT molecular complexity index is 336. The largest absolute Gasteiger partial charge is 0.355 e. The molecule has 2 N–H and O–H groups in total. The predicted molar refractivity (Wildman–Crippen MR) is 75.5 cm³/mol. The maximum Gasteiger partial charge on any atom is 0.220 e. The van der Waals surface area contributed by atoms with Crippen LogP contribution in [0.2, 0.25) is 0 Å². The summed E-state index contributed by atoms with van der Waals surface area (Å²) >= 11 is 0. The van der Waals surface area contributed by atoms with Crippen LogP contribution >= 0.6 is 0 Å². The summed E-state index contributed by atoms with van der Waals surface area (Å²) in [6.45, 7) is 5.74. The third kappa shape index (κ3) is 7.07. The first-order valence-electron chi connectivity index (χ1n) is 6.72. The van der Waals surface area contributed by atoms with E-state index in [1.807, 2.05) is 18.2 Å². The van der Waals surface area contributed by atoms with Crippen LogP contribution in [0.4, 0.5) is 0 Å². The molecule has 18 heavy (non-hydrogen) atoms. The lowest BCUT2D eigenvalue weighted by Gasteiger charge is -2.09.